The third-order valence-electron chi connectivity index (χ3n) is 7.68. The van der Waals surface area contributed by atoms with Crippen LogP contribution in [0.15, 0.2) is 48.5 Å². The Kier molecular flexibility index (Phi) is 8.43. The zero-order valence-corrected chi connectivity index (χ0v) is 21.8. The highest BCUT2D eigenvalue weighted by atomic mass is 16.7. The number of carbonyl (C=O) groups excluding carboxylic acids is 2. The number of hydrogen-bond acceptors (Lipinski definition) is 8. The van der Waals surface area contributed by atoms with Gasteiger partial charge in [0, 0.05) is 5.92 Å². The van der Waals surface area contributed by atoms with E-state index in [1.165, 1.54) is 6.07 Å². The molecule has 2 fully saturated rings. The number of fused-ring (bicyclic) bond motifs is 1. The summed E-state index contributed by atoms with van der Waals surface area (Å²) in [6.45, 7) is 3.93. The first-order valence-electron chi connectivity index (χ1n) is 13.7. The Labute approximate surface area is 223 Å². The van der Waals surface area contributed by atoms with E-state index in [1.54, 1.807) is 30.3 Å². The first-order chi connectivity index (χ1) is 18.6. The molecule has 2 aromatic rings. The van der Waals surface area contributed by atoms with Crippen molar-refractivity contribution < 1.29 is 38.4 Å². The van der Waals surface area contributed by atoms with Gasteiger partial charge in [0.2, 0.25) is 17.7 Å². The van der Waals surface area contributed by atoms with Gasteiger partial charge >= 0.3 is 0 Å². The smallest absolute Gasteiger partial charge is 0.224 e. The number of rotatable bonds is 10. The Morgan fingerprint density at radius 1 is 0.974 bits per heavy atom. The largest absolute Gasteiger partial charge is 0.507 e. The molecule has 3 atom stereocenters. The third kappa shape index (κ3) is 5.10. The maximum absolute atomic E-state index is 14.2. The van der Waals surface area contributed by atoms with Crippen LogP contribution >= 0.6 is 0 Å². The molecule has 0 bridgehead atoms. The SMILES string of the molecule is CCCCC(CC(C(=O)c1ccccc1O)C1OCCCO1)C1(C2OCCCO2)Oc2ccccc2C1=O. The molecule has 3 aliphatic rings. The second-order valence-corrected chi connectivity index (χ2v) is 10.2. The van der Waals surface area contributed by atoms with Crippen molar-refractivity contribution in [1.29, 1.82) is 0 Å². The lowest BCUT2D eigenvalue weighted by molar-refractivity contribution is -0.252. The van der Waals surface area contributed by atoms with Crippen LogP contribution in [0, 0.1) is 11.8 Å². The summed E-state index contributed by atoms with van der Waals surface area (Å²) in [5.74, 6) is -1.31. The molecule has 0 amide bonds. The topological polar surface area (TPSA) is 101 Å². The van der Waals surface area contributed by atoms with Crippen LogP contribution in [0.2, 0.25) is 0 Å². The molecule has 3 aliphatic heterocycles. The van der Waals surface area contributed by atoms with Crippen molar-refractivity contribution in [1.82, 2.24) is 0 Å². The minimum atomic E-state index is -1.45. The van der Waals surface area contributed by atoms with Crippen LogP contribution in [0.3, 0.4) is 0 Å². The summed E-state index contributed by atoms with van der Waals surface area (Å²) in [6.07, 6.45) is 2.31. The van der Waals surface area contributed by atoms with Gasteiger partial charge in [0.25, 0.3) is 0 Å². The van der Waals surface area contributed by atoms with E-state index in [4.69, 9.17) is 23.7 Å². The van der Waals surface area contributed by atoms with Crippen molar-refractivity contribution >= 4 is 11.6 Å². The Bertz CT molecular complexity index is 1120. The Hall–Kier alpha value is -2.78. The first-order valence-corrected chi connectivity index (χ1v) is 13.7. The highest BCUT2D eigenvalue weighted by Gasteiger charge is 2.61. The summed E-state index contributed by atoms with van der Waals surface area (Å²) in [7, 11) is 0. The summed E-state index contributed by atoms with van der Waals surface area (Å²) in [5.41, 5.74) is -0.767. The molecule has 3 heterocycles. The van der Waals surface area contributed by atoms with Crippen LogP contribution < -0.4 is 4.74 Å². The standard InChI is InChI=1S/C30H36O8/c1-2-3-10-20(19-23(28-34-15-8-16-35-28)26(32)21-11-4-6-13-24(21)31)30(29-36-17-9-18-37-29)27(33)22-12-5-7-14-25(22)38-30/h4-7,11-14,20,23,28-29,31H,2-3,8-10,15-19H2,1H3. The quantitative estimate of drug-likeness (QED) is 0.437. The van der Waals surface area contributed by atoms with Crippen LogP contribution in [0.25, 0.3) is 0 Å². The lowest BCUT2D eigenvalue weighted by atomic mass is 9.73. The Morgan fingerprint density at radius 3 is 2.32 bits per heavy atom. The number of benzene rings is 2. The number of hydrogen-bond donors (Lipinski definition) is 1. The van der Waals surface area contributed by atoms with Crippen LogP contribution in [0.1, 0.15) is 66.2 Å². The van der Waals surface area contributed by atoms with Gasteiger partial charge in [0.1, 0.15) is 11.5 Å². The van der Waals surface area contributed by atoms with Crippen LogP contribution in [0.5, 0.6) is 11.5 Å². The molecule has 2 aromatic carbocycles. The molecule has 0 saturated carbocycles. The van der Waals surface area contributed by atoms with Crippen molar-refractivity contribution in [2.45, 2.75) is 63.6 Å². The molecule has 204 valence electrons. The molecule has 0 spiro atoms. The van der Waals surface area contributed by atoms with Crippen molar-refractivity contribution in [3.63, 3.8) is 0 Å². The third-order valence-corrected chi connectivity index (χ3v) is 7.68. The van der Waals surface area contributed by atoms with Crippen LogP contribution in [-0.4, -0.2) is 61.3 Å². The minimum absolute atomic E-state index is 0.0994. The van der Waals surface area contributed by atoms with Crippen molar-refractivity contribution in [2.24, 2.45) is 11.8 Å². The van der Waals surface area contributed by atoms with Crippen LogP contribution in [-0.2, 0) is 18.9 Å². The molecule has 38 heavy (non-hydrogen) atoms. The van der Waals surface area contributed by atoms with Gasteiger partial charge in [0.15, 0.2) is 12.1 Å². The van der Waals surface area contributed by atoms with E-state index in [2.05, 4.69) is 6.92 Å². The minimum Gasteiger partial charge on any atom is -0.507 e. The molecule has 0 aliphatic carbocycles. The van der Waals surface area contributed by atoms with Gasteiger partial charge in [-0.05, 0) is 49.9 Å². The summed E-state index contributed by atoms with van der Waals surface area (Å²) >= 11 is 0. The van der Waals surface area contributed by atoms with E-state index in [9.17, 15) is 14.7 Å². The van der Waals surface area contributed by atoms with E-state index in [-0.39, 0.29) is 29.3 Å². The zero-order chi connectivity index (χ0) is 26.5. The average molecular weight is 525 g/mol. The van der Waals surface area contributed by atoms with E-state index in [0.717, 1.165) is 25.7 Å². The van der Waals surface area contributed by atoms with Gasteiger partial charge in [-0.1, -0.05) is 44.0 Å². The number of Topliss-reactive ketones (excluding diaryl/α,β-unsaturated/α-hetero) is 2. The second-order valence-electron chi connectivity index (χ2n) is 10.2. The van der Waals surface area contributed by atoms with Gasteiger partial charge in [-0.25, -0.2) is 0 Å². The predicted molar refractivity (Wildman–Crippen MR) is 138 cm³/mol. The van der Waals surface area contributed by atoms with E-state index >= 15 is 0 Å². The fourth-order valence-corrected chi connectivity index (χ4v) is 5.76. The van der Waals surface area contributed by atoms with Crippen molar-refractivity contribution in [3.05, 3.63) is 59.7 Å². The molecular formula is C30H36O8. The number of ether oxygens (including phenoxy) is 5. The second kappa shape index (κ2) is 11.9. The highest BCUT2D eigenvalue weighted by molar-refractivity contribution is 6.08. The maximum Gasteiger partial charge on any atom is 0.224 e. The normalized spacial score (nSPS) is 24.0. The molecule has 2 saturated heterocycles. The lowest BCUT2D eigenvalue weighted by Gasteiger charge is -2.43. The average Bonchev–Trinajstić information content (AvgIpc) is 3.27. The molecule has 3 unspecified atom stereocenters. The first kappa shape index (κ1) is 26.8. The van der Waals surface area contributed by atoms with Gasteiger partial charge in [-0.3, -0.25) is 9.59 Å². The van der Waals surface area contributed by atoms with E-state index in [0.29, 0.717) is 44.2 Å². The number of aromatic hydroxyl groups is 1. The maximum atomic E-state index is 14.2. The Morgan fingerprint density at radius 2 is 1.63 bits per heavy atom. The molecule has 5 rings (SSSR count). The molecule has 0 radical (unpaired) electrons. The number of phenols is 1. The fraction of sp³-hybridized carbons (Fsp3) is 0.533. The zero-order valence-electron chi connectivity index (χ0n) is 21.8. The molecule has 8 heteroatoms. The number of carbonyl (C=O) groups is 2. The van der Waals surface area contributed by atoms with E-state index in [1.807, 2.05) is 12.1 Å². The highest BCUT2D eigenvalue weighted by Crippen LogP contribution is 2.47. The van der Waals surface area contributed by atoms with Crippen LogP contribution in [0.4, 0.5) is 0 Å². The molecule has 1 N–H and O–H groups in total. The number of para-hydroxylation sites is 2. The predicted octanol–water partition coefficient (Wildman–Crippen LogP) is 4.93. The van der Waals surface area contributed by atoms with E-state index < -0.39 is 30.0 Å². The summed E-state index contributed by atoms with van der Waals surface area (Å²) in [6, 6.07) is 13.7. The van der Waals surface area contributed by atoms with Gasteiger partial charge in [0.05, 0.1) is 43.5 Å². The van der Waals surface area contributed by atoms with Crippen molar-refractivity contribution in [3.8, 4) is 11.5 Å². The molecule has 8 nitrogen and oxygen atoms in total. The molecule has 0 aromatic heterocycles. The van der Waals surface area contributed by atoms with Gasteiger partial charge in [-0.15, -0.1) is 0 Å². The summed E-state index contributed by atoms with van der Waals surface area (Å²) in [5, 5.41) is 10.5. The summed E-state index contributed by atoms with van der Waals surface area (Å²) < 4.78 is 30.6. The Balaban J connectivity index is 1.56. The number of phenolic OH excluding ortho intramolecular Hbond substituents is 1. The number of ketones is 2. The number of unbranched alkanes of at least 4 members (excludes halogenated alkanes) is 1. The summed E-state index contributed by atoms with van der Waals surface area (Å²) in [4.78, 5) is 28.2. The monoisotopic (exact) mass is 524 g/mol. The van der Waals surface area contributed by atoms with Gasteiger partial charge in [-0.2, -0.15) is 0 Å². The lowest BCUT2D eigenvalue weighted by Crippen LogP contribution is -2.60. The van der Waals surface area contributed by atoms with Crippen molar-refractivity contribution in [2.75, 3.05) is 26.4 Å². The fourth-order valence-electron chi connectivity index (χ4n) is 5.76. The van der Waals surface area contributed by atoms with Gasteiger partial charge < -0.3 is 28.8 Å². The molecular weight excluding hydrogens is 488 g/mol.